The van der Waals surface area contributed by atoms with Crippen molar-refractivity contribution >= 4 is 23.1 Å². The maximum absolute atomic E-state index is 6.53. The van der Waals surface area contributed by atoms with Crippen LogP contribution in [0.4, 0.5) is 5.69 Å². The number of hydrogen-bond acceptors (Lipinski definition) is 7. The third kappa shape index (κ3) is 5.05. The van der Waals surface area contributed by atoms with Crippen LogP contribution in [0.15, 0.2) is 35.3 Å². The predicted octanol–water partition coefficient (Wildman–Crippen LogP) is 5.58. The molecule has 184 valence electrons. The molecule has 0 amide bonds. The van der Waals surface area contributed by atoms with E-state index in [4.69, 9.17) is 35.5 Å². The fourth-order valence-corrected chi connectivity index (χ4v) is 5.11. The molecule has 1 fully saturated rings. The van der Waals surface area contributed by atoms with Gasteiger partial charge in [0.25, 0.3) is 0 Å². The highest BCUT2D eigenvalue weighted by Crippen LogP contribution is 2.39. The number of aliphatic imine (C=N–C) groups is 1. The first-order valence-corrected chi connectivity index (χ1v) is 12.2. The van der Waals surface area contributed by atoms with Gasteiger partial charge in [-0.2, -0.15) is 0 Å². The minimum atomic E-state index is 0.517. The smallest absolute Gasteiger partial charge is 0.145 e. The summed E-state index contributed by atoms with van der Waals surface area (Å²) in [7, 11) is 6.54. The van der Waals surface area contributed by atoms with Crippen LogP contribution in [-0.4, -0.2) is 58.6 Å². The van der Waals surface area contributed by atoms with E-state index >= 15 is 0 Å². The molecule has 4 rings (SSSR count). The van der Waals surface area contributed by atoms with E-state index in [2.05, 4.69) is 9.80 Å². The number of halogens is 1. The van der Waals surface area contributed by atoms with Crippen molar-refractivity contribution in [2.24, 2.45) is 4.99 Å². The lowest BCUT2D eigenvalue weighted by Crippen LogP contribution is -2.50. The van der Waals surface area contributed by atoms with Crippen molar-refractivity contribution < 1.29 is 18.9 Å². The Bertz CT molecular complexity index is 996. The Morgan fingerprint density at radius 3 is 2.03 bits per heavy atom. The van der Waals surface area contributed by atoms with E-state index in [1.165, 1.54) is 38.5 Å². The van der Waals surface area contributed by atoms with Crippen molar-refractivity contribution in [3.05, 3.63) is 40.9 Å². The first kappa shape index (κ1) is 24.5. The third-order valence-electron chi connectivity index (χ3n) is 6.71. The van der Waals surface area contributed by atoms with Gasteiger partial charge in [0.15, 0.2) is 0 Å². The average molecular weight is 488 g/mol. The second-order valence-corrected chi connectivity index (χ2v) is 9.06. The van der Waals surface area contributed by atoms with Gasteiger partial charge in [-0.3, -0.25) is 9.89 Å². The fourth-order valence-electron chi connectivity index (χ4n) is 4.86. The van der Waals surface area contributed by atoms with E-state index in [9.17, 15) is 0 Å². The van der Waals surface area contributed by atoms with Crippen LogP contribution in [0.3, 0.4) is 0 Å². The summed E-state index contributed by atoms with van der Waals surface area (Å²) in [6.07, 6.45) is 7.58. The van der Waals surface area contributed by atoms with E-state index in [1.54, 1.807) is 28.4 Å². The number of nitrogens with zero attached hydrogens (tertiary/aromatic N) is 3. The zero-order chi connectivity index (χ0) is 24.1. The van der Waals surface area contributed by atoms with Crippen molar-refractivity contribution in [1.82, 2.24) is 4.90 Å². The lowest BCUT2D eigenvalue weighted by atomic mass is 10.1. The molecular weight excluding hydrogens is 454 g/mol. The summed E-state index contributed by atoms with van der Waals surface area (Å²) in [4.78, 5) is 9.74. The lowest BCUT2D eigenvalue weighted by molar-refractivity contribution is 0.183. The minimum Gasteiger partial charge on any atom is -0.496 e. The zero-order valence-corrected chi connectivity index (χ0v) is 21.2. The van der Waals surface area contributed by atoms with E-state index in [0.29, 0.717) is 47.4 Å². The molecule has 1 heterocycles. The predicted molar refractivity (Wildman–Crippen MR) is 136 cm³/mol. The molecule has 1 aliphatic heterocycles. The van der Waals surface area contributed by atoms with Gasteiger partial charge >= 0.3 is 0 Å². The average Bonchev–Trinajstić information content (AvgIpc) is 3.17. The minimum absolute atomic E-state index is 0.517. The molecule has 0 radical (unpaired) electrons. The number of amidine groups is 1. The molecule has 7 nitrogen and oxygen atoms in total. The molecule has 2 aromatic carbocycles. The van der Waals surface area contributed by atoms with Crippen molar-refractivity contribution in [2.45, 2.75) is 44.6 Å². The second kappa shape index (κ2) is 11.2. The summed E-state index contributed by atoms with van der Waals surface area (Å²) in [5, 5.41) is 0.555. The number of benzene rings is 2. The van der Waals surface area contributed by atoms with Crippen LogP contribution in [-0.2, 0) is 0 Å². The first-order valence-electron chi connectivity index (χ1n) is 11.8. The van der Waals surface area contributed by atoms with Crippen molar-refractivity contribution in [1.29, 1.82) is 0 Å². The number of ether oxygens (including phenoxy) is 4. The van der Waals surface area contributed by atoms with Crippen LogP contribution in [0.25, 0.3) is 0 Å². The molecule has 0 atom stereocenters. The van der Waals surface area contributed by atoms with Crippen LogP contribution < -0.4 is 23.8 Å². The van der Waals surface area contributed by atoms with Gasteiger partial charge in [0.1, 0.15) is 34.4 Å². The van der Waals surface area contributed by atoms with Gasteiger partial charge in [-0.25, -0.2) is 0 Å². The second-order valence-electron chi connectivity index (χ2n) is 8.65. The van der Waals surface area contributed by atoms with Crippen molar-refractivity contribution in [3.8, 4) is 23.0 Å². The van der Waals surface area contributed by atoms with Gasteiger partial charge in [0.2, 0.25) is 0 Å². The third-order valence-corrected chi connectivity index (χ3v) is 7.00. The number of rotatable bonds is 7. The summed E-state index contributed by atoms with van der Waals surface area (Å²) in [5.74, 6) is 3.36. The van der Waals surface area contributed by atoms with E-state index in [-0.39, 0.29) is 0 Å². The van der Waals surface area contributed by atoms with E-state index < -0.39 is 0 Å². The highest BCUT2D eigenvalue weighted by atomic mass is 35.5. The zero-order valence-electron chi connectivity index (χ0n) is 20.5. The van der Waals surface area contributed by atoms with E-state index in [1.807, 2.05) is 30.3 Å². The van der Waals surface area contributed by atoms with Crippen LogP contribution in [0.5, 0.6) is 23.0 Å². The molecule has 2 aromatic rings. The number of methoxy groups -OCH3 is 4. The fraction of sp³-hybridized carbons (Fsp3) is 0.500. The molecule has 0 saturated heterocycles. The largest absolute Gasteiger partial charge is 0.496 e. The Balaban J connectivity index is 1.80. The Morgan fingerprint density at radius 2 is 1.47 bits per heavy atom. The summed E-state index contributed by atoms with van der Waals surface area (Å²) in [6.45, 7) is 1.32. The lowest BCUT2D eigenvalue weighted by Gasteiger charge is -2.40. The Morgan fingerprint density at radius 1 is 0.824 bits per heavy atom. The molecule has 0 spiro atoms. The molecule has 0 bridgehead atoms. The molecule has 0 N–H and O–H groups in total. The standard InChI is InChI=1S/C26H34ClN3O4/c1-31-20-14-23(33-3)25(24(15-20)34-4)26-28-16-29(18-9-7-5-6-8-10-18)17-30(26)19-11-12-22(32-2)21(27)13-19/h11-15,18H,5-10,16-17H2,1-4H3. The van der Waals surface area contributed by atoms with Crippen molar-refractivity contribution in [2.75, 3.05) is 46.7 Å². The molecule has 0 unspecified atom stereocenters. The highest BCUT2D eigenvalue weighted by molar-refractivity contribution is 6.32. The van der Waals surface area contributed by atoms with Crippen molar-refractivity contribution in [3.63, 3.8) is 0 Å². The Kier molecular flexibility index (Phi) is 8.06. The van der Waals surface area contributed by atoms with Crippen LogP contribution in [0.2, 0.25) is 5.02 Å². The molecule has 1 saturated carbocycles. The monoisotopic (exact) mass is 487 g/mol. The van der Waals surface area contributed by atoms with Crippen LogP contribution in [0, 0.1) is 0 Å². The molecule has 8 heteroatoms. The first-order chi connectivity index (χ1) is 16.6. The summed E-state index contributed by atoms with van der Waals surface area (Å²) in [5.41, 5.74) is 1.72. The quantitative estimate of drug-likeness (QED) is 0.475. The summed E-state index contributed by atoms with van der Waals surface area (Å²) < 4.78 is 22.4. The summed E-state index contributed by atoms with van der Waals surface area (Å²) >= 11 is 6.53. The maximum Gasteiger partial charge on any atom is 0.145 e. The SMILES string of the molecule is COc1cc(OC)c(C2=NCN(C3CCCCCC3)CN2c2ccc(OC)c(Cl)c2)c(OC)c1. The molecular formula is C26H34ClN3O4. The molecule has 34 heavy (non-hydrogen) atoms. The van der Waals surface area contributed by atoms with Gasteiger partial charge in [0.05, 0.1) is 46.8 Å². The van der Waals surface area contributed by atoms with Crippen LogP contribution >= 0.6 is 11.6 Å². The van der Waals surface area contributed by atoms with Gasteiger partial charge < -0.3 is 23.8 Å². The van der Waals surface area contributed by atoms with Gasteiger partial charge in [-0.1, -0.05) is 37.3 Å². The van der Waals surface area contributed by atoms with E-state index in [0.717, 1.165) is 17.1 Å². The number of anilines is 1. The summed E-state index contributed by atoms with van der Waals surface area (Å²) in [6, 6.07) is 10.1. The molecule has 2 aliphatic rings. The number of hydrogen-bond donors (Lipinski definition) is 0. The Labute approximate surface area is 207 Å². The maximum atomic E-state index is 6.53. The van der Waals surface area contributed by atoms with Gasteiger partial charge in [-0.05, 0) is 31.0 Å². The normalized spacial score (nSPS) is 17.7. The molecule has 1 aliphatic carbocycles. The molecule has 0 aromatic heterocycles. The van der Waals surface area contributed by atoms with Gasteiger partial charge in [-0.15, -0.1) is 0 Å². The Hall–Kier alpha value is -2.64. The topological polar surface area (TPSA) is 55.8 Å². The van der Waals surface area contributed by atoms with Crippen LogP contribution in [0.1, 0.15) is 44.1 Å². The van der Waals surface area contributed by atoms with Gasteiger partial charge in [0, 0.05) is 23.9 Å². The highest BCUT2D eigenvalue weighted by Gasteiger charge is 2.32.